The Bertz CT molecular complexity index is 763. The van der Waals surface area contributed by atoms with Crippen molar-refractivity contribution in [3.8, 4) is 5.69 Å². The van der Waals surface area contributed by atoms with E-state index in [1.54, 1.807) is 0 Å². The molecule has 7 heteroatoms. The molecule has 0 atom stereocenters. The molecule has 0 fully saturated rings. The molecule has 0 spiro atoms. The molecule has 0 bridgehead atoms. The molecule has 0 unspecified atom stereocenters. The van der Waals surface area contributed by atoms with Crippen LogP contribution in [0.3, 0.4) is 0 Å². The van der Waals surface area contributed by atoms with Crippen LogP contribution in [-0.2, 0) is 9.84 Å². The number of hydrogen-bond acceptors (Lipinski definition) is 5. The molecule has 2 rings (SSSR count). The standard InChI is InChI=1S/C14H20N4O2S/c1-9(2)16-14-12(21(4,19)20)13(15)18(17-14)11-8-6-5-7-10(11)3/h5-9H,15H2,1-4H3,(H,16,17). The molecule has 2 aromatic rings. The number of nitrogens with one attached hydrogen (secondary N) is 1. The van der Waals surface area contributed by atoms with Crippen LogP contribution in [0.5, 0.6) is 0 Å². The van der Waals surface area contributed by atoms with Crippen molar-refractivity contribution in [3.63, 3.8) is 0 Å². The zero-order valence-corrected chi connectivity index (χ0v) is 13.4. The molecule has 21 heavy (non-hydrogen) atoms. The van der Waals surface area contributed by atoms with Crippen LogP contribution in [0.15, 0.2) is 29.2 Å². The predicted molar refractivity (Wildman–Crippen MR) is 84.6 cm³/mol. The Morgan fingerprint density at radius 3 is 2.43 bits per heavy atom. The highest BCUT2D eigenvalue weighted by molar-refractivity contribution is 7.91. The lowest BCUT2D eigenvalue weighted by molar-refractivity contribution is 0.602. The minimum Gasteiger partial charge on any atom is -0.382 e. The van der Waals surface area contributed by atoms with E-state index < -0.39 is 9.84 Å². The third-order valence-corrected chi connectivity index (χ3v) is 4.16. The summed E-state index contributed by atoms with van der Waals surface area (Å²) in [6.45, 7) is 5.75. The summed E-state index contributed by atoms with van der Waals surface area (Å²) >= 11 is 0. The lowest BCUT2D eigenvalue weighted by atomic mass is 10.2. The maximum Gasteiger partial charge on any atom is 0.182 e. The first-order valence-corrected chi connectivity index (χ1v) is 8.52. The molecule has 3 N–H and O–H groups in total. The predicted octanol–water partition coefficient (Wildman–Crippen LogP) is 1.99. The van der Waals surface area contributed by atoms with Crippen molar-refractivity contribution in [3.05, 3.63) is 29.8 Å². The lowest BCUT2D eigenvalue weighted by Gasteiger charge is -2.07. The minimum absolute atomic E-state index is 0.0412. The van der Waals surface area contributed by atoms with E-state index in [9.17, 15) is 8.42 Å². The van der Waals surface area contributed by atoms with Gasteiger partial charge in [-0.2, -0.15) is 0 Å². The smallest absolute Gasteiger partial charge is 0.182 e. The number of sulfone groups is 1. The molecule has 0 aliphatic rings. The summed E-state index contributed by atoms with van der Waals surface area (Å²) < 4.78 is 25.5. The van der Waals surface area contributed by atoms with Crippen molar-refractivity contribution in [2.45, 2.75) is 31.7 Å². The fourth-order valence-electron chi connectivity index (χ4n) is 2.13. The van der Waals surface area contributed by atoms with Crippen LogP contribution in [0.25, 0.3) is 5.69 Å². The van der Waals surface area contributed by atoms with Gasteiger partial charge in [-0.1, -0.05) is 18.2 Å². The first kappa shape index (κ1) is 15.4. The van der Waals surface area contributed by atoms with Gasteiger partial charge in [-0.15, -0.1) is 5.10 Å². The van der Waals surface area contributed by atoms with Crippen molar-refractivity contribution in [1.82, 2.24) is 9.78 Å². The van der Waals surface area contributed by atoms with Gasteiger partial charge in [0.1, 0.15) is 5.82 Å². The van der Waals surface area contributed by atoms with Crippen LogP contribution in [0, 0.1) is 6.92 Å². The number of rotatable bonds is 4. The first-order chi connectivity index (χ1) is 9.71. The van der Waals surface area contributed by atoms with Crippen LogP contribution in [-0.4, -0.2) is 30.5 Å². The molecule has 0 saturated heterocycles. The van der Waals surface area contributed by atoms with E-state index in [4.69, 9.17) is 5.73 Å². The zero-order chi connectivity index (χ0) is 15.8. The van der Waals surface area contributed by atoms with Gasteiger partial charge in [-0.25, -0.2) is 13.1 Å². The second kappa shape index (κ2) is 5.40. The Labute approximate surface area is 124 Å². The van der Waals surface area contributed by atoms with E-state index in [1.165, 1.54) is 4.68 Å². The Hall–Kier alpha value is -2.02. The number of hydrogen-bond donors (Lipinski definition) is 2. The molecule has 0 radical (unpaired) electrons. The second-order valence-corrected chi connectivity index (χ2v) is 7.29. The number of aryl methyl sites for hydroxylation is 1. The molecule has 0 aliphatic carbocycles. The molecule has 1 heterocycles. The van der Waals surface area contributed by atoms with Crippen LogP contribution >= 0.6 is 0 Å². The normalized spacial score (nSPS) is 11.9. The number of nitrogens with zero attached hydrogens (tertiary/aromatic N) is 2. The number of anilines is 2. The summed E-state index contributed by atoms with van der Waals surface area (Å²) in [6, 6.07) is 7.59. The van der Waals surface area contributed by atoms with Crippen molar-refractivity contribution in [2.75, 3.05) is 17.3 Å². The molecular formula is C14H20N4O2S. The summed E-state index contributed by atoms with van der Waals surface area (Å²) in [5.74, 6) is 0.406. The number of nitrogen functional groups attached to an aromatic ring is 1. The van der Waals surface area contributed by atoms with Gasteiger partial charge in [0, 0.05) is 12.3 Å². The topological polar surface area (TPSA) is 90.0 Å². The highest BCUT2D eigenvalue weighted by atomic mass is 32.2. The molecule has 114 valence electrons. The Balaban J connectivity index is 2.71. The molecule has 0 aliphatic heterocycles. The van der Waals surface area contributed by atoms with Gasteiger partial charge in [0.2, 0.25) is 0 Å². The number of benzene rings is 1. The van der Waals surface area contributed by atoms with E-state index in [0.717, 1.165) is 17.5 Å². The van der Waals surface area contributed by atoms with Gasteiger partial charge in [0.15, 0.2) is 20.6 Å². The van der Waals surface area contributed by atoms with Crippen LogP contribution in [0.4, 0.5) is 11.6 Å². The van der Waals surface area contributed by atoms with Crippen LogP contribution in [0.2, 0.25) is 0 Å². The van der Waals surface area contributed by atoms with E-state index in [-0.39, 0.29) is 22.6 Å². The molecule has 0 saturated carbocycles. The van der Waals surface area contributed by atoms with Gasteiger partial charge in [0.25, 0.3) is 0 Å². The molecule has 1 aromatic carbocycles. The highest BCUT2D eigenvalue weighted by Crippen LogP contribution is 2.30. The van der Waals surface area contributed by atoms with E-state index >= 15 is 0 Å². The largest absolute Gasteiger partial charge is 0.382 e. The third kappa shape index (κ3) is 3.02. The summed E-state index contributed by atoms with van der Waals surface area (Å²) in [5, 5.41) is 7.39. The SMILES string of the molecule is Cc1ccccc1-n1nc(NC(C)C)c(S(C)(=O)=O)c1N. The van der Waals surface area contributed by atoms with E-state index in [2.05, 4.69) is 10.4 Å². The lowest BCUT2D eigenvalue weighted by Crippen LogP contribution is -2.13. The van der Waals surface area contributed by atoms with Gasteiger partial charge in [-0.05, 0) is 32.4 Å². The van der Waals surface area contributed by atoms with Crippen LogP contribution in [0.1, 0.15) is 19.4 Å². The average molecular weight is 308 g/mol. The maximum atomic E-state index is 12.0. The quantitative estimate of drug-likeness (QED) is 0.901. The van der Waals surface area contributed by atoms with Gasteiger partial charge in [-0.3, -0.25) is 0 Å². The van der Waals surface area contributed by atoms with Crippen LogP contribution < -0.4 is 11.1 Å². The van der Waals surface area contributed by atoms with E-state index in [0.29, 0.717) is 0 Å². The average Bonchev–Trinajstić information content (AvgIpc) is 2.65. The Kier molecular flexibility index (Phi) is 3.95. The molecule has 0 amide bonds. The number of aromatic nitrogens is 2. The Morgan fingerprint density at radius 2 is 1.90 bits per heavy atom. The molecule has 6 nitrogen and oxygen atoms in total. The van der Waals surface area contributed by atoms with Gasteiger partial charge < -0.3 is 11.1 Å². The first-order valence-electron chi connectivity index (χ1n) is 6.63. The van der Waals surface area contributed by atoms with E-state index in [1.807, 2.05) is 45.0 Å². The fourth-order valence-corrected chi connectivity index (χ4v) is 3.05. The zero-order valence-electron chi connectivity index (χ0n) is 12.6. The minimum atomic E-state index is -3.48. The molecular weight excluding hydrogens is 288 g/mol. The fraction of sp³-hybridized carbons (Fsp3) is 0.357. The van der Waals surface area contributed by atoms with Crippen molar-refractivity contribution in [1.29, 1.82) is 0 Å². The summed E-state index contributed by atoms with van der Waals surface area (Å²) in [6.07, 6.45) is 1.13. The Morgan fingerprint density at radius 1 is 1.29 bits per heavy atom. The van der Waals surface area contributed by atoms with Crippen molar-refractivity contribution >= 4 is 21.5 Å². The second-order valence-electron chi connectivity index (χ2n) is 5.33. The summed E-state index contributed by atoms with van der Waals surface area (Å²) in [4.78, 5) is 0.0412. The third-order valence-electron chi connectivity index (χ3n) is 3.02. The monoisotopic (exact) mass is 308 g/mol. The summed E-state index contributed by atoms with van der Waals surface area (Å²) in [7, 11) is -3.48. The van der Waals surface area contributed by atoms with Crippen molar-refractivity contribution in [2.24, 2.45) is 0 Å². The van der Waals surface area contributed by atoms with Gasteiger partial charge >= 0.3 is 0 Å². The highest BCUT2D eigenvalue weighted by Gasteiger charge is 2.25. The number of para-hydroxylation sites is 1. The number of nitrogens with two attached hydrogens (primary N) is 1. The summed E-state index contributed by atoms with van der Waals surface area (Å²) in [5.41, 5.74) is 7.77. The van der Waals surface area contributed by atoms with Gasteiger partial charge in [0.05, 0.1) is 5.69 Å². The molecule has 1 aromatic heterocycles. The van der Waals surface area contributed by atoms with Crippen molar-refractivity contribution < 1.29 is 8.42 Å². The maximum absolute atomic E-state index is 12.0.